The number of rotatable bonds is 6. The van der Waals surface area contributed by atoms with Crippen LogP contribution >= 0.6 is 11.6 Å². The highest BCUT2D eigenvalue weighted by molar-refractivity contribution is 6.33. The van der Waals surface area contributed by atoms with Crippen LogP contribution in [0.3, 0.4) is 0 Å². The Morgan fingerprint density at radius 1 is 1.28 bits per heavy atom. The SMILES string of the molecule is CCCN(c1c(Cl)cccc1CC(C)N)C(C)C. The predicted octanol–water partition coefficient (Wildman–Crippen LogP) is 3.85. The van der Waals surface area contributed by atoms with Gasteiger partial charge in [0.1, 0.15) is 0 Å². The Balaban J connectivity index is 3.17. The van der Waals surface area contributed by atoms with Crippen LogP contribution in [-0.2, 0) is 6.42 Å². The predicted molar refractivity (Wildman–Crippen MR) is 81.6 cm³/mol. The molecular weight excluding hydrogens is 244 g/mol. The molecule has 0 saturated heterocycles. The average molecular weight is 269 g/mol. The number of nitrogens with two attached hydrogens (primary N) is 1. The molecular formula is C15H25ClN2. The standard InChI is InChI=1S/C15H25ClN2/c1-5-9-18(11(2)3)15-13(10-12(4)17)7-6-8-14(15)16/h6-8,11-12H,5,9-10,17H2,1-4H3. The van der Waals surface area contributed by atoms with Crippen molar-refractivity contribution in [1.82, 2.24) is 0 Å². The van der Waals surface area contributed by atoms with E-state index < -0.39 is 0 Å². The second-order valence-corrected chi connectivity index (χ2v) is 5.62. The van der Waals surface area contributed by atoms with Gasteiger partial charge in [-0.25, -0.2) is 0 Å². The minimum absolute atomic E-state index is 0.151. The Morgan fingerprint density at radius 3 is 2.44 bits per heavy atom. The first kappa shape index (κ1) is 15.3. The van der Waals surface area contributed by atoms with Gasteiger partial charge in [0, 0.05) is 18.6 Å². The van der Waals surface area contributed by atoms with Crippen molar-refractivity contribution in [1.29, 1.82) is 0 Å². The van der Waals surface area contributed by atoms with Crippen molar-refractivity contribution in [2.24, 2.45) is 5.73 Å². The largest absolute Gasteiger partial charge is 0.368 e. The Kier molecular flexibility index (Phi) is 5.97. The van der Waals surface area contributed by atoms with Crippen LogP contribution in [0.4, 0.5) is 5.69 Å². The molecule has 1 aromatic rings. The van der Waals surface area contributed by atoms with Crippen molar-refractivity contribution in [3.8, 4) is 0 Å². The van der Waals surface area contributed by atoms with E-state index in [1.807, 2.05) is 19.1 Å². The van der Waals surface area contributed by atoms with E-state index in [0.717, 1.165) is 30.1 Å². The van der Waals surface area contributed by atoms with Gasteiger partial charge in [-0.15, -0.1) is 0 Å². The molecule has 1 atom stereocenters. The fourth-order valence-electron chi connectivity index (χ4n) is 2.26. The van der Waals surface area contributed by atoms with Gasteiger partial charge < -0.3 is 10.6 Å². The lowest BCUT2D eigenvalue weighted by atomic mass is 10.0. The minimum atomic E-state index is 0.151. The molecule has 0 radical (unpaired) electrons. The fourth-order valence-corrected chi connectivity index (χ4v) is 2.57. The first-order valence-corrected chi connectivity index (χ1v) is 7.14. The molecule has 3 heteroatoms. The molecule has 0 aliphatic rings. The number of halogens is 1. The lowest BCUT2D eigenvalue weighted by Crippen LogP contribution is -2.33. The van der Waals surface area contributed by atoms with Crippen molar-refractivity contribution in [3.63, 3.8) is 0 Å². The number of nitrogens with zero attached hydrogens (tertiary/aromatic N) is 1. The second-order valence-electron chi connectivity index (χ2n) is 5.22. The molecule has 1 rings (SSSR count). The maximum absolute atomic E-state index is 6.40. The summed E-state index contributed by atoms with van der Waals surface area (Å²) in [4.78, 5) is 2.38. The van der Waals surface area contributed by atoms with Gasteiger partial charge in [-0.1, -0.05) is 30.7 Å². The van der Waals surface area contributed by atoms with Crippen LogP contribution in [-0.4, -0.2) is 18.6 Å². The molecule has 0 saturated carbocycles. The van der Waals surface area contributed by atoms with Gasteiger partial charge in [0.15, 0.2) is 0 Å². The molecule has 1 aromatic carbocycles. The first-order chi connectivity index (χ1) is 8.47. The van der Waals surface area contributed by atoms with Gasteiger partial charge in [0.05, 0.1) is 10.7 Å². The normalized spacial score (nSPS) is 12.8. The van der Waals surface area contributed by atoms with Crippen LogP contribution in [0, 0.1) is 0 Å². The summed E-state index contributed by atoms with van der Waals surface area (Å²) >= 11 is 6.40. The van der Waals surface area contributed by atoms with E-state index in [1.54, 1.807) is 0 Å². The van der Waals surface area contributed by atoms with Crippen LogP contribution < -0.4 is 10.6 Å². The van der Waals surface area contributed by atoms with E-state index in [4.69, 9.17) is 17.3 Å². The van der Waals surface area contributed by atoms with E-state index >= 15 is 0 Å². The molecule has 0 amide bonds. The summed E-state index contributed by atoms with van der Waals surface area (Å²) in [6.45, 7) is 9.65. The Labute approximate surface area is 116 Å². The van der Waals surface area contributed by atoms with Gasteiger partial charge in [0.25, 0.3) is 0 Å². The topological polar surface area (TPSA) is 29.3 Å². The zero-order valence-corrected chi connectivity index (χ0v) is 12.7. The van der Waals surface area contributed by atoms with Gasteiger partial charge in [-0.2, -0.15) is 0 Å². The van der Waals surface area contributed by atoms with E-state index in [-0.39, 0.29) is 6.04 Å². The third-order valence-electron chi connectivity index (χ3n) is 2.99. The van der Waals surface area contributed by atoms with Crippen molar-refractivity contribution in [3.05, 3.63) is 28.8 Å². The maximum atomic E-state index is 6.40. The molecule has 0 bridgehead atoms. The van der Waals surface area contributed by atoms with Gasteiger partial charge >= 0.3 is 0 Å². The maximum Gasteiger partial charge on any atom is 0.0642 e. The van der Waals surface area contributed by atoms with Crippen molar-refractivity contribution < 1.29 is 0 Å². The zero-order valence-electron chi connectivity index (χ0n) is 11.9. The highest BCUT2D eigenvalue weighted by Gasteiger charge is 2.17. The lowest BCUT2D eigenvalue weighted by Gasteiger charge is -2.32. The quantitative estimate of drug-likeness (QED) is 0.849. The summed E-state index contributed by atoms with van der Waals surface area (Å²) in [5.41, 5.74) is 8.34. The summed E-state index contributed by atoms with van der Waals surface area (Å²) in [6, 6.07) is 6.70. The average Bonchev–Trinajstić information content (AvgIpc) is 2.26. The molecule has 1 unspecified atom stereocenters. The van der Waals surface area contributed by atoms with Crippen molar-refractivity contribution in [2.45, 2.75) is 52.6 Å². The molecule has 0 fully saturated rings. The third-order valence-corrected chi connectivity index (χ3v) is 3.29. The molecule has 18 heavy (non-hydrogen) atoms. The van der Waals surface area contributed by atoms with E-state index in [2.05, 4.69) is 31.7 Å². The van der Waals surface area contributed by atoms with E-state index in [9.17, 15) is 0 Å². The third kappa shape index (κ3) is 3.89. The summed E-state index contributed by atoms with van der Waals surface area (Å²) in [7, 11) is 0. The molecule has 0 spiro atoms. The highest BCUT2D eigenvalue weighted by Crippen LogP contribution is 2.32. The highest BCUT2D eigenvalue weighted by atomic mass is 35.5. The zero-order chi connectivity index (χ0) is 13.7. The van der Waals surface area contributed by atoms with Crippen LogP contribution in [0.5, 0.6) is 0 Å². The number of benzene rings is 1. The van der Waals surface area contributed by atoms with E-state index in [1.165, 1.54) is 5.56 Å². The second kappa shape index (κ2) is 7.01. The molecule has 2 N–H and O–H groups in total. The summed E-state index contributed by atoms with van der Waals surface area (Å²) < 4.78 is 0. The van der Waals surface area contributed by atoms with Gasteiger partial charge in [-0.05, 0) is 45.2 Å². The summed E-state index contributed by atoms with van der Waals surface area (Å²) in [5, 5.41) is 0.829. The summed E-state index contributed by atoms with van der Waals surface area (Å²) in [5.74, 6) is 0. The van der Waals surface area contributed by atoms with Crippen LogP contribution in [0.25, 0.3) is 0 Å². The molecule has 2 nitrogen and oxygen atoms in total. The minimum Gasteiger partial charge on any atom is -0.368 e. The van der Waals surface area contributed by atoms with E-state index in [0.29, 0.717) is 6.04 Å². The van der Waals surface area contributed by atoms with Gasteiger partial charge in [0.2, 0.25) is 0 Å². The Hall–Kier alpha value is -0.730. The lowest BCUT2D eigenvalue weighted by molar-refractivity contribution is 0.661. The molecule has 102 valence electrons. The number of anilines is 1. The molecule has 0 aliphatic carbocycles. The van der Waals surface area contributed by atoms with Gasteiger partial charge in [-0.3, -0.25) is 0 Å². The monoisotopic (exact) mass is 268 g/mol. The van der Waals surface area contributed by atoms with Crippen molar-refractivity contribution in [2.75, 3.05) is 11.4 Å². The molecule has 0 aromatic heterocycles. The molecule has 0 aliphatic heterocycles. The van der Waals surface area contributed by atoms with Crippen LogP contribution in [0.15, 0.2) is 18.2 Å². The summed E-state index contributed by atoms with van der Waals surface area (Å²) in [6.07, 6.45) is 1.98. The smallest absolute Gasteiger partial charge is 0.0642 e. The number of para-hydroxylation sites is 1. The molecule has 0 heterocycles. The van der Waals surface area contributed by atoms with Crippen LogP contribution in [0.1, 0.15) is 39.7 Å². The Bertz CT molecular complexity index is 375. The first-order valence-electron chi connectivity index (χ1n) is 6.77. The Morgan fingerprint density at radius 2 is 1.94 bits per heavy atom. The van der Waals surface area contributed by atoms with Crippen LogP contribution in [0.2, 0.25) is 5.02 Å². The number of hydrogen-bond acceptors (Lipinski definition) is 2. The fraction of sp³-hybridized carbons (Fsp3) is 0.600. The number of hydrogen-bond donors (Lipinski definition) is 1. The van der Waals surface area contributed by atoms with Crippen molar-refractivity contribution >= 4 is 17.3 Å².